The summed E-state index contributed by atoms with van der Waals surface area (Å²) in [5.74, 6) is -0.439. The largest absolute Gasteiger partial charge is 0.472 e. The lowest BCUT2D eigenvalue weighted by atomic mass is 10.2. The van der Waals surface area contributed by atoms with Crippen molar-refractivity contribution in [2.75, 3.05) is 39.4 Å². The Morgan fingerprint density at radius 1 is 1.23 bits per heavy atom. The molecular weight excluding hydrogens is 425 g/mol. The van der Waals surface area contributed by atoms with Crippen molar-refractivity contribution in [3.05, 3.63) is 53.5 Å². The first-order valence-corrected chi connectivity index (χ1v) is 11.6. The van der Waals surface area contributed by atoms with Gasteiger partial charge in [-0.25, -0.2) is 17.8 Å². The zero-order valence-electron chi connectivity index (χ0n) is 17.2. The Hall–Kier alpha value is -2.56. The van der Waals surface area contributed by atoms with Crippen molar-refractivity contribution in [2.45, 2.75) is 24.3 Å². The smallest absolute Gasteiger partial charge is 0.259 e. The second-order valence-electron chi connectivity index (χ2n) is 7.56. The minimum atomic E-state index is -3.77. The van der Waals surface area contributed by atoms with Crippen molar-refractivity contribution in [3.8, 4) is 5.88 Å². The predicted octanol–water partition coefficient (Wildman–Crippen LogP) is 1.84. The molecule has 2 aromatic rings. The van der Waals surface area contributed by atoms with Crippen LogP contribution in [0.3, 0.4) is 0 Å². The quantitative estimate of drug-likeness (QED) is 0.692. The number of sulfonamides is 1. The number of carbonyl (C=O) groups excluding carboxylic acids is 1. The summed E-state index contributed by atoms with van der Waals surface area (Å²) in [5.41, 5.74) is 0.618. The Morgan fingerprint density at radius 2 is 2.00 bits per heavy atom. The normalized spacial score (nSPS) is 20.1. The summed E-state index contributed by atoms with van der Waals surface area (Å²) >= 11 is 0. The van der Waals surface area contributed by atoms with E-state index >= 15 is 0 Å². The minimum absolute atomic E-state index is 0.0491. The molecule has 3 heterocycles. The van der Waals surface area contributed by atoms with Gasteiger partial charge in [-0.1, -0.05) is 0 Å². The van der Waals surface area contributed by atoms with E-state index in [9.17, 15) is 17.6 Å². The number of amides is 1. The Balaban J connectivity index is 1.47. The summed E-state index contributed by atoms with van der Waals surface area (Å²) in [6.07, 6.45) is 1.56. The summed E-state index contributed by atoms with van der Waals surface area (Å²) < 4.78 is 52.0. The monoisotopic (exact) mass is 449 g/mol. The molecule has 1 atom stereocenters. The van der Waals surface area contributed by atoms with E-state index < -0.39 is 21.9 Å². The summed E-state index contributed by atoms with van der Waals surface area (Å²) in [6.45, 7) is 3.89. The first-order valence-electron chi connectivity index (χ1n) is 10.1. The molecule has 1 amide bonds. The highest BCUT2D eigenvalue weighted by Crippen LogP contribution is 2.26. The Kier molecular flexibility index (Phi) is 6.22. The molecule has 2 saturated heterocycles. The molecule has 0 saturated carbocycles. The van der Waals surface area contributed by atoms with Crippen LogP contribution in [-0.4, -0.2) is 74.0 Å². The first kappa shape index (κ1) is 21.7. The fourth-order valence-electron chi connectivity index (χ4n) is 3.68. The summed E-state index contributed by atoms with van der Waals surface area (Å²) in [4.78, 5) is 18.8. The summed E-state index contributed by atoms with van der Waals surface area (Å²) in [6, 6.07) is 7.08. The molecule has 4 rings (SSSR count). The van der Waals surface area contributed by atoms with E-state index in [0.717, 1.165) is 6.07 Å². The van der Waals surface area contributed by atoms with Gasteiger partial charge < -0.3 is 14.4 Å². The lowest BCUT2D eigenvalue weighted by Gasteiger charge is -2.27. The molecule has 0 radical (unpaired) electrons. The van der Waals surface area contributed by atoms with Gasteiger partial charge in [0.2, 0.25) is 15.9 Å². The van der Waals surface area contributed by atoms with Crippen molar-refractivity contribution < 1.29 is 27.1 Å². The highest BCUT2D eigenvalue weighted by atomic mass is 32.2. The number of benzene rings is 1. The average molecular weight is 450 g/mol. The van der Waals surface area contributed by atoms with Crippen molar-refractivity contribution in [2.24, 2.45) is 0 Å². The highest BCUT2D eigenvalue weighted by Gasteiger charge is 2.35. The number of morpholine rings is 1. The second-order valence-corrected chi connectivity index (χ2v) is 9.50. The molecule has 2 aliphatic rings. The molecule has 1 aromatic heterocycles. The Bertz CT molecular complexity index is 1070. The van der Waals surface area contributed by atoms with E-state index in [1.54, 1.807) is 17.0 Å². The number of hydrogen-bond acceptors (Lipinski definition) is 6. The van der Waals surface area contributed by atoms with Crippen LogP contribution in [0.5, 0.6) is 5.88 Å². The molecule has 1 aromatic carbocycles. The number of halogens is 1. The number of pyridine rings is 1. The maximum atomic E-state index is 13.5. The van der Waals surface area contributed by atoms with Crippen LogP contribution >= 0.6 is 0 Å². The molecule has 0 bridgehead atoms. The topological polar surface area (TPSA) is 89.0 Å². The van der Waals surface area contributed by atoms with Crippen LogP contribution in [0.25, 0.3) is 0 Å². The number of aryl methyl sites for hydroxylation is 1. The molecule has 31 heavy (non-hydrogen) atoms. The highest BCUT2D eigenvalue weighted by molar-refractivity contribution is 7.89. The molecule has 0 spiro atoms. The van der Waals surface area contributed by atoms with Gasteiger partial charge in [0.25, 0.3) is 5.91 Å². The SMILES string of the molecule is Cc1cc(S(=O)(=O)N2CCC(Oc3ncccc3C(=O)N3CCOCC3)C2)ccc1F. The van der Waals surface area contributed by atoms with E-state index in [1.165, 1.54) is 29.6 Å². The van der Waals surface area contributed by atoms with Crippen LogP contribution in [0.15, 0.2) is 41.4 Å². The molecule has 1 unspecified atom stereocenters. The maximum Gasteiger partial charge on any atom is 0.259 e. The molecule has 10 heteroatoms. The van der Waals surface area contributed by atoms with E-state index in [1.807, 2.05) is 0 Å². The molecule has 8 nitrogen and oxygen atoms in total. The number of ether oxygens (including phenoxy) is 2. The van der Waals surface area contributed by atoms with Gasteiger partial charge in [-0.3, -0.25) is 4.79 Å². The zero-order valence-corrected chi connectivity index (χ0v) is 18.0. The van der Waals surface area contributed by atoms with Gasteiger partial charge in [0, 0.05) is 25.8 Å². The lowest BCUT2D eigenvalue weighted by Crippen LogP contribution is -2.41. The van der Waals surface area contributed by atoms with Crippen molar-refractivity contribution in [3.63, 3.8) is 0 Å². The third-order valence-corrected chi connectivity index (χ3v) is 7.31. The van der Waals surface area contributed by atoms with Gasteiger partial charge >= 0.3 is 0 Å². The maximum absolute atomic E-state index is 13.5. The van der Waals surface area contributed by atoms with Crippen LogP contribution < -0.4 is 4.74 Å². The molecule has 0 aliphatic carbocycles. The third kappa shape index (κ3) is 4.56. The second kappa shape index (κ2) is 8.89. The van der Waals surface area contributed by atoms with Crippen LogP contribution in [0.4, 0.5) is 4.39 Å². The van der Waals surface area contributed by atoms with Gasteiger partial charge in [0.05, 0.1) is 24.7 Å². The van der Waals surface area contributed by atoms with Gasteiger partial charge in [0.15, 0.2) is 0 Å². The summed E-state index contributed by atoms with van der Waals surface area (Å²) in [7, 11) is -3.77. The fourth-order valence-corrected chi connectivity index (χ4v) is 5.25. The van der Waals surface area contributed by atoms with Crippen LogP contribution in [0, 0.1) is 12.7 Å². The van der Waals surface area contributed by atoms with Gasteiger partial charge in [-0.05, 0) is 49.2 Å². The van der Waals surface area contributed by atoms with Crippen molar-refractivity contribution in [1.29, 1.82) is 0 Å². The van der Waals surface area contributed by atoms with E-state index in [4.69, 9.17) is 9.47 Å². The predicted molar refractivity (Wildman–Crippen MR) is 110 cm³/mol. The minimum Gasteiger partial charge on any atom is -0.472 e. The van der Waals surface area contributed by atoms with Gasteiger partial charge in [0.1, 0.15) is 17.5 Å². The molecular formula is C21H24FN3O5S. The number of rotatable bonds is 5. The van der Waals surface area contributed by atoms with E-state index in [0.29, 0.717) is 38.3 Å². The summed E-state index contributed by atoms with van der Waals surface area (Å²) in [5, 5.41) is 0. The van der Waals surface area contributed by atoms with Crippen LogP contribution in [-0.2, 0) is 14.8 Å². The van der Waals surface area contributed by atoms with Gasteiger partial charge in [-0.2, -0.15) is 4.31 Å². The Morgan fingerprint density at radius 3 is 2.74 bits per heavy atom. The fraction of sp³-hybridized carbons (Fsp3) is 0.429. The number of aromatic nitrogens is 1. The number of hydrogen-bond donors (Lipinski definition) is 0. The molecule has 2 fully saturated rings. The number of carbonyl (C=O) groups is 1. The van der Waals surface area contributed by atoms with Gasteiger partial charge in [-0.15, -0.1) is 0 Å². The molecule has 166 valence electrons. The van der Waals surface area contributed by atoms with E-state index in [-0.39, 0.29) is 35.3 Å². The number of nitrogens with zero attached hydrogens (tertiary/aromatic N) is 3. The van der Waals surface area contributed by atoms with Crippen molar-refractivity contribution >= 4 is 15.9 Å². The van der Waals surface area contributed by atoms with Crippen LogP contribution in [0.1, 0.15) is 22.3 Å². The first-order chi connectivity index (χ1) is 14.9. The van der Waals surface area contributed by atoms with Crippen molar-refractivity contribution in [1.82, 2.24) is 14.2 Å². The average Bonchev–Trinajstić information content (AvgIpc) is 3.25. The molecule has 0 N–H and O–H groups in total. The Labute approximate surface area is 180 Å². The zero-order chi connectivity index (χ0) is 22.0. The van der Waals surface area contributed by atoms with Crippen LogP contribution in [0.2, 0.25) is 0 Å². The van der Waals surface area contributed by atoms with E-state index in [2.05, 4.69) is 4.98 Å². The third-order valence-electron chi connectivity index (χ3n) is 5.45. The molecule has 2 aliphatic heterocycles. The standard InChI is InChI=1S/C21H24FN3O5S/c1-15-13-17(4-5-19(15)22)31(27,28)25-8-6-16(14-25)30-20-18(3-2-7-23-20)21(26)24-9-11-29-12-10-24/h2-5,7,13,16H,6,8-12,14H2,1H3. The lowest BCUT2D eigenvalue weighted by molar-refractivity contribution is 0.0298.